The molecule has 0 aliphatic carbocycles. The molecule has 6 heteroatoms. The minimum atomic E-state index is 0.612. The van der Waals surface area contributed by atoms with Gasteiger partial charge in [-0.05, 0) is 111 Å². The van der Waals surface area contributed by atoms with Gasteiger partial charge in [0.1, 0.15) is 16.7 Å². The Balaban J connectivity index is 0.772. The predicted molar refractivity (Wildman–Crippen MR) is 307 cm³/mol. The van der Waals surface area contributed by atoms with E-state index in [2.05, 4.69) is 199 Å². The van der Waals surface area contributed by atoms with Gasteiger partial charge in [0.25, 0.3) is 0 Å². The standard InChI is InChI=1S/C69H42N4O2/c1-4-16-43(17-5-1)48-33-36-60-57(40-48)54-26-10-11-29-59(54)73(60)61-30-14-28-55-58-41-49(34-37-62(58)75-66(55)61)46-22-12-23-47(38-46)50-32-35-56-64(42-50)74-63-31-15-27-53(65(56)63)51-24-13-25-52(39-51)69-71-67(44-18-6-2-7-19-44)70-68(72-69)45-20-8-3-9-21-45/h1-42H. The molecule has 0 aliphatic rings. The molecule has 15 rings (SSSR count). The summed E-state index contributed by atoms with van der Waals surface area (Å²) in [5.41, 5.74) is 18.4. The summed E-state index contributed by atoms with van der Waals surface area (Å²) in [4.78, 5) is 14.9. The lowest BCUT2D eigenvalue weighted by molar-refractivity contribution is 0.666. The number of hydrogen-bond acceptors (Lipinski definition) is 5. The number of hydrogen-bond donors (Lipinski definition) is 0. The number of nitrogens with zero attached hydrogens (tertiary/aromatic N) is 4. The van der Waals surface area contributed by atoms with E-state index in [0.29, 0.717) is 17.5 Å². The molecule has 350 valence electrons. The first-order chi connectivity index (χ1) is 37.1. The second-order valence-corrected chi connectivity index (χ2v) is 19.1. The van der Waals surface area contributed by atoms with Crippen LogP contribution in [0.25, 0.3) is 150 Å². The fraction of sp³-hybridized carbons (Fsp3) is 0. The molecule has 4 heterocycles. The van der Waals surface area contributed by atoms with Crippen LogP contribution in [-0.4, -0.2) is 19.5 Å². The van der Waals surface area contributed by atoms with Gasteiger partial charge in [-0.25, -0.2) is 15.0 Å². The van der Waals surface area contributed by atoms with E-state index in [1.807, 2.05) is 60.7 Å². The number of fused-ring (bicyclic) bond motifs is 9. The van der Waals surface area contributed by atoms with Crippen molar-refractivity contribution in [3.8, 4) is 84.4 Å². The largest absolute Gasteiger partial charge is 0.456 e. The van der Waals surface area contributed by atoms with Crippen LogP contribution < -0.4 is 0 Å². The van der Waals surface area contributed by atoms with Crippen molar-refractivity contribution < 1.29 is 8.83 Å². The Hall–Kier alpha value is -10.2. The van der Waals surface area contributed by atoms with Gasteiger partial charge in [0, 0.05) is 49.0 Å². The summed E-state index contributed by atoms with van der Waals surface area (Å²) in [6.07, 6.45) is 0. The molecule has 0 N–H and O–H groups in total. The molecule has 0 radical (unpaired) electrons. The Bertz CT molecular complexity index is 4650. The fourth-order valence-electron chi connectivity index (χ4n) is 11.1. The van der Waals surface area contributed by atoms with Crippen molar-refractivity contribution in [3.05, 3.63) is 255 Å². The quantitative estimate of drug-likeness (QED) is 0.152. The molecular weight excluding hydrogens is 917 g/mol. The Kier molecular flexibility index (Phi) is 9.78. The van der Waals surface area contributed by atoms with Gasteiger partial charge in [0.05, 0.1) is 16.7 Å². The molecule has 0 amide bonds. The van der Waals surface area contributed by atoms with E-state index in [9.17, 15) is 0 Å². The minimum Gasteiger partial charge on any atom is -0.456 e. The molecule has 11 aromatic carbocycles. The Morgan fingerprint density at radius 3 is 1.55 bits per heavy atom. The average Bonchev–Trinajstić information content (AvgIpc) is 4.17. The molecule has 0 saturated heterocycles. The number of benzene rings is 11. The zero-order valence-corrected chi connectivity index (χ0v) is 40.4. The summed E-state index contributed by atoms with van der Waals surface area (Å²) in [7, 11) is 0. The lowest BCUT2D eigenvalue weighted by Crippen LogP contribution is -2.00. The summed E-state index contributed by atoms with van der Waals surface area (Å²) in [5.74, 6) is 1.87. The van der Waals surface area contributed by atoms with Crippen molar-refractivity contribution in [3.63, 3.8) is 0 Å². The van der Waals surface area contributed by atoms with Crippen LogP contribution in [0.15, 0.2) is 264 Å². The molecule has 0 unspecified atom stereocenters. The lowest BCUT2D eigenvalue weighted by Gasteiger charge is -2.10. The lowest BCUT2D eigenvalue weighted by atomic mass is 9.95. The predicted octanol–water partition coefficient (Wildman–Crippen LogP) is 18.4. The van der Waals surface area contributed by atoms with E-state index >= 15 is 0 Å². The Morgan fingerprint density at radius 2 is 0.787 bits per heavy atom. The maximum atomic E-state index is 6.81. The first-order valence-electron chi connectivity index (χ1n) is 25.2. The van der Waals surface area contributed by atoms with E-state index in [-0.39, 0.29) is 0 Å². The molecule has 0 fully saturated rings. The van der Waals surface area contributed by atoms with Gasteiger partial charge in [-0.2, -0.15) is 0 Å². The molecule has 0 saturated carbocycles. The molecular formula is C69H42N4O2. The summed E-state index contributed by atoms with van der Waals surface area (Å²) in [6.45, 7) is 0. The van der Waals surface area contributed by atoms with E-state index in [1.165, 1.54) is 21.9 Å². The van der Waals surface area contributed by atoms with Crippen LogP contribution in [0.5, 0.6) is 0 Å². The number of rotatable bonds is 8. The Morgan fingerprint density at radius 1 is 0.267 bits per heavy atom. The molecule has 4 aromatic heterocycles. The van der Waals surface area contributed by atoms with Crippen LogP contribution in [0.3, 0.4) is 0 Å². The summed E-state index contributed by atoms with van der Waals surface area (Å²) < 4.78 is 15.8. The Labute approximate surface area is 431 Å². The molecule has 0 bridgehead atoms. The van der Waals surface area contributed by atoms with E-state index < -0.39 is 0 Å². The van der Waals surface area contributed by atoms with Crippen molar-refractivity contribution in [2.45, 2.75) is 0 Å². The third-order valence-corrected chi connectivity index (χ3v) is 14.7. The van der Waals surface area contributed by atoms with Gasteiger partial charge in [-0.1, -0.05) is 188 Å². The SMILES string of the molecule is c1ccc(-c2ccc3c(c2)c2ccccc2n3-c2cccc3c2oc2ccc(-c4cccc(-c5ccc6c(c5)oc5cccc(-c7cccc(-c8nc(-c9ccccc9)nc(-c9ccccc9)n8)c7)c56)c4)cc23)cc1. The monoisotopic (exact) mass is 958 g/mol. The van der Waals surface area contributed by atoms with Crippen molar-refractivity contribution >= 4 is 65.7 Å². The second-order valence-electron chi connectivity index (χ2n) is 19.1. The summed E-state index contributed by atoms with van der Waals surface area (Å²) in [5, 5.41) is 6.69. The highest BCUT2D eigenvalue weighted by molar-refractivity contribution is 6.15. The molecule has 0 atom stereocenters. The van der Waals surface area contributed by atoms with Gasteiger partial charge in [-0.3, -0.25) is 0 Å². The van der Waals surface area contributed by atoms with Crippen LogP contribution in [0.2, 0.25) is 0 Å². The van der Waals surface area contributed by atoms with Crippen molar-refractivity contribution in [1.29, 1.82) is 0 Å². The van der Waals surface area contributed by atoms with Crippen molar-refractivity contribution in [2.24, 2.45) is 0 Å². The fourth-order valence-corrected chi connectivity index (χ4v) is 11.1. The van der Waals surface area contributed by atoms with Crippen LogP contribution >= 0.6 is 0 Å². The van der Waals surface area contributed by atoms with Gasteiger partial charge >= 0.3 is 0 Å². The van der Waals surface area contributed by atoms with Gasteiger partial charge < -0.3 is 13.4 Å². The molecule has 15 aromatic rings. The highest BCUT2D eigenvalue weighted by Gasteiger charge is 2.20. The topological polar surface area (TPSA) is 69.9 Å². The van der Waals surface area contributed by atoms with Crippen LogP contribution in [0.1, 0.15) is 0 Å². The molecule has 6 nitrogen and oxygen atoms in total. The highest BCUT2D eigenvalue weighted by atomic mass is 16.3. The maximum absolute atomic E-state index is 6.81. The zero-order valence-electron chi connectivity index (χ0n) is 40.4. The molecule has 75 heavy (non-hydrogen) atoms. The van der Waals surface area contributed by atoms with Crippen LogP contribution in [-0.2, 0) is 0 Å². The molecule has 0 spiro atoms. The second kappa shape index (κ2) is 17.3. The van der Waals surface area contributed by atoms with Crippen molar-refractivity contribution in [2.75, 3.05) is 0 Å². The number of furan rings is 2. The van der Waals surface area contributed by atoms with Gasteiger partial charge in [-0.15, -0.1) is 0 Å². The number of aromatic nitrogens is 4. The highest BCUT2D eigenvalue weighted by Crippen LogP contribution is 2.43. The average molecular weight is 959 g/mol. The van der Waals surface area contributed by atoms with Crippen molar-refractivity contribution in [1.82, 2.24) is 19.5 Å². The summed E-state index contributed by atoms with van der Waals surface area (Å²) in [6, 6.07) is 89.3. The normalized spacial score (nSPS) is 11.7. The smallest absolute Gasteiger partial charge is 0.164 e. The first-order valence-corrected chi connectivity index (χ1v) is 25.2. The third kappa shape index (κ3) is 7.22. The molecule has 0 aliphatic heterocycles. The zero-order chi connectivity index (χ0) is 49.4. The van der Waals surface area contributed by atoms with E-state index in [0.717, 1.165) is 111 Å². The van der Waals surface area contributed by atoms with E-state index in [4.69, 9.17) is 23.8 Å². The van der Waals surface area contributed by atoms with Crippen LogP contribution in [0, 0.1) is 0 Å². The van der Waals surface area contributed by atoms with E-state index in [1.54, 1.807) is 0 Å². The van der Waals surface area contributed by atoms with Gasteiger partial charge in [0.2, 0.25) is 0 Å². The summed E-state index contributed by atoms with van der Waals surface area (Å²) >= 11 is 0. The first kappa shape index (κ1) is 42.5. The number of para-hydroxylation sites is 2. The van der Waals surface area contributed by atoms with Gasteiger partial charge in [0.15, 0.2) is 23.1 Å². The minimum absolute atomic E-state index is 0.612. The maximum Gasteiger partial charge on any atom is 0.164 e. The third-order valence-electron chi connectivity index (χ3n) is 14.7. The van der Waals surface area contributed by atoms with Crippen LogP contribution in [0.4, 0.5) is 0 Å².